The van der Waals surface area contributed by atoms with Crippen LogP contribution in [0.25, 0.3) is 21.8 Å². The summed E-state index contributed by atoms with van der Waals surface area (Å²) in [4.78, 5) is 14.7. The van der Waals surface area contributed by atoms with Crippen molar-refractivity contribution in [2.45, 2.75) is 44.2 Å². The Labute approximate surface area is 194 Å². The van der Waals surface area contributed by atoms with Gasteiger partial charge in [0.1, 0.15) is 29.6 Å². The number of hydrogen-bond acceptors (Lipinski definition) is 6. The van der Waals surface area contributed by atoms with E-state index in [9.17, 15) is 25.2 Å². The molecule has 1 fully saturated rings. The van der Waals surface area contributed by atoms with Crippen molar-refractivity contribution in [2.75, 3.05) is 0 Å². The number of hydrogen-bond donors (Lipinski definition) is 5. The zero-order chi connectivity index (χ0) is 24.0. The number of aromatic amines is 1. The predicted molar refractivity (Wildman–Crippen MR) is 121 cm³/mol. The van der Waals surface area contributed by atoms with E-state index in [2.05, 4.69) is 21.7 Å². The molecule has 176 valence electrons. The van der Waals surface area contributed by atoms with Crippen LogP contribution in [-0.2, 0) is 16.1 Å². The fourth-order valence-electron chi connectivity index (χ4n) is 4.38. The van der Waals surface area contributed by atoms with E-state index >= 15 is 0 Å². The second kappa shape index (κ2) is 8.69. The molecule has 0 bridgehead atoms. The van der Waals surface area contributed by atoms with Gasteiger partial charge in [0.25, 0.3) is 0 Å². The molecule has 5 N–H and O–H groups in total. The molecule has 0 spiro atoms. The molecule has 0 amide bonds. The van der Waals surface area contributed by atoms with Gasteiger partial charge in [-0.25, -0.2) is 4.79 Å². The van der Waals surface area contributed by atoms with Gasteiger partial charge >= 0.3 is 5.97 Å². The van der Waals surface area contributed by atoms with Crippen LogP contribution in [0, 0.1) is 6.92 Å². The number of aliphatic carboxylic acids is 1. The summed E-state index contributed by atoms with van der Waals surface area (Å²) < 4.78 is 13.0. The zero-order valence-electron chi connectivity index (χ0n) is 18.3. The van der Waals surface area contributed by atoms with Crippen LogP contribution >= 0.6 is 0 Å². The van der Waals surface area contributed by atoms with Crippen molar-refractivity contribution in [3.63, 3.8) is 0 Å². The Morgan fingerprint density at radius 1 is 1.03 bits per heavy atom. The Balaban J connectivity index is 1.44. The molecule has 0 radical (unpaired) electrons. The fourth-order valence-corrected chi connectivity index (χ4v) is 4.38. The minimum atomic E-state index is -1.77. The lowest BCUT2D eigenvalue weighted by molar-refractivity contribution is -0.693. The van der Waals surface area contributed by atoms with E-state index in [4.69, 9.17) is 9.47 Å². The number of rotatable bonds is 5. The van der Waals surface area contributed by atoms with E-state index in [-0.39, 0.29) is 0 Å². The van der Waals surface area contributed by atoms with Crippen LogP contribution in [0.5, 0.6) is 5.75 Å². The number of carboxylic acid groups (broad SMARTS) is 1. The van der Waals surface area contributed by atoms with Crippen molar-refractivity contribution < 1.29 is 39.3 Å². The Morgan fingerprint density at radius 3 is 2.53 bits per heavy atom. The predicted octanol–water partition coefficient (Wildman–Crippen LogP) is 1.24. The smallest absolute Gasteiger partial charge is 0.335 e. The molecule has 2 aromatic heterocycles. The van der Waals surface area contributed by atoms with E-state index in [1.807, 2.05) is 43.5 Å². The Morgan fingerprint density at radius 2 is 1.79 bits per heavy atom. The molecule has 5 unspecified atom stereocenters. The number of pyridine rings is 1. The molecule has 1 saturated heterocycles. The minimum absolute atomic E-state index is 0.311. The molecule has 4 aromatic rings. The van der Waals surface area contributed by atoms with Gasteiger partial charge < -0.3 is 34.9 Å². The monoisotopic (exact) mass is 465 g/mol. The number of nitrogens with zero attached hydrogens (tertiary/aromatic N) is 1. The first kappa shape index (κ1) is 22.3. The fraction of sp³-hybridized carbons (Fsp3) is 0.280. The van der Waals surface area contributed by atoms with Crippen molar-refractivity contribution in [1.29, 1.82) is 0 Å². The van der Waals surface area contributed by atoms with Crippen molar-refractivity contribution in [3.8, 4) is 5.75 Å². The summed E-state index contributed by atoms with van der Waals surface area (Å²) in [5, 5.41) is 41.3. The second-order valence-corrected chi connectivity index (χ2v) is 8.49. The van der Waals surface area contributed by atoms with Crippen LogP contribution in [0.15, 0.2) is 60.8 Å². The molecule has 2 aromatic carbocycles. The lowest BCUT2D eigenvalue weighted by atomic mass is 9.99. The van der Waals surface area contributed by atoms with Crippen LogP contribution in [0.2, 0.25) is 0 Å². The van der Waals surface area contributed by atoms with Crippen LogP contribution in [-0.4, -0.2) is 62.1 Å². The van der Waals surface area contributed by atoms with E-state index in [0.29, 0.717) is 5.75 Å². The highest BCUT2D eigenvalue weighted by Crippen LogP contribution is 2.31. The zero-order valence-corrected chi connectivity index (χ0v) is 18.3. The molecule has 0 saturated carbocycles. The summed E-state index contributed by atoms with van der Waals surface area (Å²) in [5.74, 6) is -1.15. The number of aryl methyl sites for hydroxylation is 1. The summed E-state index contributed by atoms with van der Waals surface area (Å²) in [6.07, 6.45) is -6.25. The maximum absolute atomic E-state index is 11.3. The molecule has 5 rings (SSSR count). The SMILES string of the molecule is Cc1c2[nH]c3cc(OC4OC(C(=O)O)C(O)C(O)C4O)ccc3c2cc[n+]1Cc1ccccc1. The lowest BCUT2D eigenvalue weighted by Crippen LogP contribution is -2.61. The van der Waals surface area contributed by atoms with Crippen molar-refractivity contribution in [2.24, 2.45) is 0 Å². The number of aliphatic hydroxyl groups is 3. The quantitative estimate of drug-likeness (QED) is 0.280. The van der Waals surface area contributed by atoms with Gasteiger partial charge in [-0.15, -0.1) is 0 Å². The first-order valence-electron chi connectivity index (χ1n) is 10.9. The van der Waals surface area contributed by atoms with Gasteiger partial charge in [-0.1, -0.05) is 30.3 Å². The molecule has 1 aliphatic rings. The van der Waals surface area contributed by atoms with Gasteiger partial charge in [0, 0.05) is 35.4 Å². The number of nitrogens with one attached hydrogen (secondary N) is 1. The molecule has 3 heterocycles. The average Bonchev–Trinajstić information content (AvgIpc) is 3.20. The van der Waals surface area contributed by atoms with Crippen LogP contribution in [0.4, 0.5) is 0 Å². The maximum atomic E-state index is 11.3. The number of fused-ring (bicyclic) bond motifs is 3. The van der Waals surface area contributed by atoms with Gasteiger partial charge in [0.05, 0.1) is 5.52 Å². The van der Waals surface area contributed by atoms with Gasteiger partial charge in [0.15, 0.2) is 18.8 Å². The highest BCUT2D eigenvalue weighted by molar-refractivity contribution is 6.07. The third-order valence-corrected chi connectivity index (χ3v) is 6.28. The van der Waals surface area contributed by atoms with Gasteiger partial charge in [0.2, 0.25) is 12.0 Å². The van der Waals surface area contributed by atoms with Gasteiger partial charge in [-0.05, 0) is 12.1 Å². The first-order valence-corrected chi connectivity index (χ1v) is 10.9. The molecule has 0 aliphatic carbocycles. The standard InChI is InChI=1S/C25H24N2O7/c1-13-19-17(9-10-27(13)12-14-5-3-2-4-6-14)16-8-7-15(11-18(16)26-19)33-25-22(30)20(28)21(29)23(34-25)24(31)32/h2-11,20-23,25,28-30H,12H2,1H3,(H,31,32)/p+1. The summed E-state index contributed by atoms with van der Waals surface area (Å²) in [6.45, 7) is 2.78. The maximum Gasteiger partial charge on any atom is 0.335 e. The van der Waals surface area contributed by atoms with E-state index in [1.54, 1.807) is 12.1 Å². The minimum Gasteiger partial charge on any atom is -0.479 e. The number of benzene rings is 2. The molecule has 34 heavy (non-hydrogen) atoms. The van der Waals surface area contributed by atoms with E-state index in [1.165, 1.54) is 5.56 Å². The average molecular weight is 465 g/mol. The summed E-state index contributed by atoms with van der Waals surface area (Å²) in [7, 11) is 0. The Bertz CT molecular complexity index is 1350. The number of ether oxygens (including phenoxy) is 2. The highest BCUT2D eigenvalue weighted by atomic mass is 16.7. The molecular formula is C25H25N2O7+. The van der Waals surface area contributed by atoms with Gasteiger partial charge in [-0.2, -0.15) is 4.57 Å². The van der Waals surface area contributed by atoms with Gasteiger partial charge in [-0.3, -0.25) is 0 Å². The highest BCUT2D eigenvalue weighted by Gasteiger charge is 2.48. The third-order valence-electron chi connectivity index (χ3n) is 6.28. The molecule has 9 heteroatoms. The van der Waals surface area contributed by atoms with Crippen molar-refractivity contribution in [3.05, 3.63) is 72.1 Å². The summed E-state index contributed by atoms with van der Waals surface area (Å²) in [6, 6.07) is 17.5. The van der Waals surface area contributed by atoms with Crippen LogP contribution in [0.1, 0.15) is 11.3 Å². The number of carboxylic acids is 1. The largest absolute Gasteiger partial charge is 0.479 e. The normalized spacial score (nSPS) is 25.0. The molecule has 5 atom stereocenters. The second-order valence-electron chi connectivity index (χ2n) is 8.49. The Hall–Kier alpha value is -3.50. The third kappa shape index (κ3) is 3.88. The number of aliphatic hydroxyl groups excluding tert-OH is 3. The molecular weight excluding hydrogens is 440 g/mol. The van der Waals surface area contributed by atoms with Crippen LogP contribution < -0.4 is 9.30 Å². The number of H-pyrrole nitrogens is 1. The van der Waals surface area contributed by atoms with Crippen molar-refractivity contribution in [1.82, 2.24) is 4.98 Å². The molecule has 1 aliphatic heterocycles. The number of aromatic nitrogens is 2. The number of carbonyl (C=O) groups is 1. The summed E-state index contributed by atoms with van der Waals surface area (Å²) >= 11 is 0. The van der Waals surface area contributed by atoms with Crippen LogP contribution in [0.3, 0.4) is 0 Å². The first-order chi connectivity index (χ1) is 16.3. The van der Waals surface area contributed by atoms with E-state index in [0.717, 1.165) is 34.0 Å². The topological polar surface area (TPSA) is 136 Å². The van der Waals surface area contributed by atoms with Crippen molar-refractivity contribution >= 4 is 27.8 Å². The molecule has 9 nitrogen and oxygen atoms in total. The lowest BCUT2D eigenvalue weighted by Gasteiger charge is -2.38. The Kier molecular flexibility index (Phi) is 5.70. The van der Waals surface area contributed by atoms with E-state index < -0.39 is 36.7 Å². The summed E-state index contributed by atoms with van der Waals surface area (Å²) in [5.41, 5.74) is 4.02.